The molecule has 0 aromatic rings. The van der Waals surface area contributed by atoms with E-state index >= 15 is 0 Å². The molecule has 2 N–H and O–H groups in total. The fraction of sp³-hybridized carbons (Fsp3) is 0.167. The van der Waals surface area contributed by atoms with Crippen molar-refractivity contribution < 1.29 is 10.0 Å². The van der Waals surface area contributed by atoms with Crippen molar-refractivity contribution in [1.29, 1.82) is 0 Å². The number of rotatable bonds is 3. The maximum absolute atomic E-state index is 9.79. The number of allylic oxidation sites excluding steroid dienone is 3. The van der Waals surface area contributed by atoms with Gasteiger partial charge < -0.3 is 0 Å². The lowest BCUT2D eigenvalue weighted by molar-refractivity contribution is -0.104. The summed E-state index contributed by atoms with van der Waals surface area (Å²) in [6.45, 7) is 1.75. The smallest absolute Gasteiger partial charge is 0.143 e. The van der Waals surface area contributed by atoms with E-state index in [1.54, 1.807) is 13.0 Å². The van der Waals surface area contributed by atoms with Crippen molar-refractivity contribution in [3.8, 4) is 0 Å². The van der Waals surface area contributed by atoms with Crippen LogP contribution in [0.1, 0.15) is 6.92 Å². The molecule has 50 valence electrons. The van der Waals surface area contributed by atoms with Gasteiger partial charge in [0.1, 0.15) is 6.29 Å². The molecule has 0 aliphatic carbocycles. The molecular formula is C6H9NO2. The van der Waals surface area contributed by atoms with Crippen molar-refractivity contribution in [1.82, 2.24) is 5.48 Å². The third-order valence-electron chi connectivity index (χ3n) is 0.752. The molecule has 0 atom stereocenters. The highest BCUT2D eigenvalue weighted by atomic mass is 16.5. The quantitative estimate of drug-likeness (QED) is 0.253. The van der Waals surface area contributed by atoms with Crippen LogP contribution in [0.5, 0.6) is 0 Å². The van der Waals surface area contributed by atoms with Gasteiger partial charge in [-0.2, -0.15) is 0 Å². The second-order valence-corrected chi connectivity index (χ2v) is 1.51. The van der Waals surface area contributed by atoms with Crippen LogP contribution in [0.15, 0.2) is 23.9 Å². The van der Waals surface area contributed by atoms with Gasteiger partial charge >= 0.3 is 0 Å². The van der Waals surface area contributed by atoms with E-state index in [2.05, 4.69) is 0 Å². The third-order valence-corrected chi connectivity index (χ3v) is 0.752. The summed E-state index contributed by atoms with van der Waals surface area (Å²) >= 11 is 0. The van der Waals surface area contributed by atoms with Gasteiger partial charge in [0.2, 0.25) is 0 Å². The van der Waals surface area contributed by atoms with E-state index in [1.165, 1.54) is 12.3 Å². The average Bonchev–Trinajstić information content (AvgIpc) is 1.85. The SMILES string of the molecule is CC(/C=C\NO)=C/C=O. The molecule has 3 heteroatoms. The van der Waals surface area contributed by atoms with Crippen molar-refractivity contribution in [3.63, 3.8) is 0 Å². The Bertz CT molecular complexity index is 138. The average molecular weight is 127 g/mol. The third kappa shape index (κ3) is 4.77. The highest BCUT2D eigenvalue weighted by Gasteiger charge is 1.75. The Balaban J connectivity index is 3.74. The summed E-state index contributed by atoms with van der Waals surface area (Å²) < 4.78 is 0. The Hall–Kier alpha value is -1.09. The minimum absolute atomic E-state index is 0.692. The molecule has 0 aliphatic rings. The Morgan fingerprint density at radius 1 is 1.67 bits per heavy atom. The molecule has 0 saturated heterocycles. The van der Waals surface area contributed by atoms with Crippen molar-refractivity contribution >= 4 is 6.29 Å². The molecule has 0 unspecified atom stereocenters. The zero-order valence-electron chi connectivity index (χ0n) is 5.16. The Morgan fingerprint density at radius 3 is 2.78 bits per heavy atom. The summed E-state index contributed by atoms with van der Waals surface area (Å²) in [5, 5.41) is 8.03. The predicted octanol–water partition coefficient (Wildman–Crippen LogP) is 0.624. The normalized spacial score (nSPS) is 12.0. The number of carbonyl (C=O) groups excluding carboxylic acids is 1. The molecule has 3 nitrogen and oxygen atoms in total. The van der Waals surface area contributed by atoms with E-state index in [-0.39, 0.29) is 0 Å². The topological polar surface area (TPSA) is 49.3 Å². The van der Waals surface area contributed by atoms with Gasteiger partial charge in [0, 0.05) is 6.20 Å². The first-order chi connectivity index (χ1) is 4.31. The highest BCUT2D eigenvalue weighted by Crippen LogP contribution is 1.89. The summed E-state index contributed by atoms with van der Waals surface area (Å²) in [5.74, 6) is 0. The molecule has 0 fully saturated rings. The zero-order valence-corrected chi connectivity index (χ0v) is 5.16. The van der Waals surface area contributed by atoms with E-state index in [1.807, 2.05) is 5.48 Å². The lowest BCUT2D eigenvalue weighted by Crippen LogP contribution is -1.92. The summed E-state index contributed by atoms with van der Waals surface area (Å²) in [6.07, 6.45) is 4.99. The molecule has 0 aromatic heterocycles. The van der Waals surface area contributed by atoms with Crippen LogP contribution in [0.25, 0.3) is 0 Å². The first kappa shape index (κ1) is 7.91. The van der Waals surface area contributed by atoms with Crippen LogP contribution >= 0.6 is 0 Å². The van der Waals surface area contributed by atoms with Crippen molar-refractivity contribution in [3.05, 3.63) is 23.9 Å². The van der Waals surface area contributed by atoms with E-state index < -0.39 is 0 Å². The maximum atomic E-state index is 9.79. The van der Waals surface area contributed by atoms with E-state index in [0.29, 0.717) is 6.29 Å². The van der Waals surface area contributed by atoms with Gasteiger partial charge in [0.15, 0.2) is 0 Å². The number of hydroxylamine groups is 1. The van der Waals surface area contributed by atoms with Crippen molar-refractivity contribution in [2.45, 2.75) is 6.92 Å². The lowest BCUT2D eigenvalue weighted by atomic mass is 10.3. The molecule has 0 spiro atoms. The van der Waals surface area contributed by atoms with Crippen LogP contribution in [0.3, 0.4) is 0 Å². The molecule has 0 bridgehead atoms. The van der Waals surface area contributed by atoms with Crippen molar-refractivity contribution in [2.24, 2.45) is 0 Å². The second-order valence-electron chi connectivity index (χ2n) is 1.51. The molecule has 0 radical (unpaired) electrons. The van der Waals surface area contributed by atoms with Gasteiger partial charge in [0.25, 0.3) is 0 Å². The number of aldehydes is 1. The van der Waals surface area contributed by atoms with Crippen LogP contribution in [-0.2, 0) is 4.79 Å². The van der Waals surface area contributed by atoms with Crippen molar-refractivity contribution in [2.75, 3.05) is 0 Å². The van der Waals surface area contributed by atoms with Gasteiger partial charge in [-0.1, -0.05) is 0 Å². The molecule has 0 rings (SSSR count). The molecule has 0 amide bonds. The van der Waals surface area contributed by atoms with Gasteiger partial charge in [-0.25, -0.2) is 0 Å². The minimum atomic E-state index is 0.692. The molecule has 0 heterocycles. The first-order valence-electron chi connectivity index (χ1n) is 2.49. The van der Waals surface area contributed by atoms with Gasteiger partial charge in [-0.05, 0) is 24.6 Å². The standard InChI is InChI=1S/C6H9NO2/c1-6(3-5-8)2-4-7-9/h2-5,7,9H,1H3/b4-2-,6-3-. The molecule has 0 aromatic carbocycles. The largest absolute Gasteiger partial charge is 0.299 e. The van der Waals surface area contributed by atoms with Gasteiger partial charge in [-0.15, -0.1) is 0 Å². The number of hydrogen-bond acceptors (Lipinski definition) is 3. The van der Waals surface area contributed by atoms with Gasteiger partial charge in [-0.3, -0.25) is 15.5 Å². The zero-order chi connectivity index (χ0) is 7.11. The highest BCUT2D eigenvalue weighted by molar-refractivity contribution is 5.66. The van der Waals surface area contributed by atoms with Crippen LogP contribution in [0.4, 0.5) is 0 Å². The van der Waals surface area contributed by atoms with Crippen LogP contribution in [0.2, 0.25) is 0 Å². The van der Waals surface area contributed by atoms with Crippen LogP contribution in [-0.4, -0.2) is 11.5 Å². The van der Waals surface area contributed by atoms with E-state index in [9.17, 15) is 4.79 Å². The summed E-state index contributed by atoms with van der Waals surface area (Å²) in [5.41, 5.74) is 2.60. The number of hydrogen-bond donors (Lipinski definition) is 2. The first-order valence-corrected chi connectivity index (χ1v) is 2.49. The Morgan fingerprint density at radius 2 is 2.33 bits per heavy atom. The summed E-state index contributed by atoms with van der Waals surface area (Å²) in [4.78, 5) is 9.79. The fourth-order valence-corrected chi connectivity index (χ4v) is 0.332. The minimum Gasteiger partial charge on any atom is -0.299 e. The summed E-state index contributed by atoms with van der Waals surface area (Å²) in [7, 11) is 0. The fourth-order valence-electron chi connectivity index (χ4n) is 0.332. The van der Waals surface area contributed by atoms with Crippen LogP contribution in [0, 0.1) is 0 Å². The summed E-state index contributed by atoms with van der Waals surface area (Å²) in [6, 6.07) is 0. The second kappa shape index (κ2) is 5.05. The van der Waals surface area contributed by atoms with E-state index in [0.717, 1.165) is 5.57 Å². The molecule has 9 heavy (non-hydrogen) atoms. The number of carbonyl (C=O) groups is 1. The lowest BCUT2D eigenvalue weighted by Gasteiger charge is -1.85. The predicted molar refractivity (Wildman–Crippen MR) is 33.9 cm³/mol. The van der Waals surface area contributed by atoms with Gasteiger partial charge in [0.05, 0.1) is 0 Å². The monoisotopic (exact) mass is 127 g/mol. The Kier molecular flexibility index (Phi) is 4.44. The molecular weight excluding hydrogens is 118 g/mol. The number of nitrogens with one attached hydrogen (secondary N) is 1. The Labute approximate surface area is 53.6 Å². The van der Waals surface area contributed by atoms with Crippen LogP contribution < -0.4 is 5.48 Å². The molecule has 0 saturated carbocycles. The molecule has 0 aliphatic heterocycles. The maximum Gasteiger partial charge on any atom is 0.143 e. The van der Waals surface area contributed by atoms with E-state index in [4.69, 9.17) is 5.21 Å².